The van der Waals surface area contributed by atoms with Gasteiger partial charge >= 0.3 is 11.9 Å². The average Bonchev–Trinajstić information content (AvgIpc) is 3.32. The Morgan fingerprint density at radius 1 is 1.32 bits per heavy atom. The number of aryl methyl sites for hydroxylation is 1. The van der Waals surface area contributed by atoms with Crippen LogP contribution in [0.15, 0.2) is 51.2 Å². The fourth-order valence-corrected chi connectivity index (χ4v) is 5.35. The minimum absolute atomic E-state index is 0.00249. The van der Waals surface area contributed by atoms with Crippen molar-refractivity contribution < 1.29 is 43.5 Å². The molecule has 0 aliphatic carbocycles. The van der Waals surface area contributed by atoms with Crippen LogP contribution in [0.2, 0.25) is 0 Å². The lowest BCUT2D eigenvalue weighted by atomic mass is 9.96. The lowest BCUT2D eigenvalue weighted by Gasteiger charge is -2.51. The molecule has 1 fully saturated rings. The number of nitrogens with two attached hydrogens (primary N) is 1. The number of hydrogen-bond acceptors (Lipinski definition) is 11. The van der Waals surface area contributed by atoms with Crippen molar-refractivity contribution in [3.63, 3.8) is 0 Å². The van der Waals surface area contributed by atoms with E-state index in [1.165, 1.54) is 31.0 Å². The van der Waals surface area contributed by atoms with Crippen molar-refractivity contribution in [3.8, 4) is 0 Å². The maximum Gasteiger partial charge on any atom is 0.352 e. The first-order valence-corrected chi connectivity index (χ1v) is 13.7. The van der Waals surface area contributed by atoms with E-state index >= 15 is 0 Å². The number of hydrogen-bond donors (Lipinski definition) is 4. The van der Waals surface area contributed by atoms with Crippen LogP contribution in [0.25, 0.3) is 0 Å². The largest absolute Gasteiger partial charge is 0.478 e. The molecule has 16 heteroatoms. The maximum absolute atomic E-state index is 13.2. The highest BCUT2D eigenvalue weighted by atomic mass is 32.2. The highest BCUT2D eigenvalue weighted by molar-refractivity contribution is 7.99. The monoisotopic (exact) mass is 591 g/mol. The number of rotatable bonds is 10. The molecule has 0 bridgehead atoms. The number of pyridine rings is 1. The summed E-state index contributed by atoms with van der Waals surface area (Å²) in [5.74, 6) is -3.96. The molecule has 2 amide bonds. The molecule has 1 saturated heterocycles. The highest BCUT2D eigenvalue weighted by Crippen LogP contribution is 2.38. The summed E-state index contributed by atoms with van der Waals surface area (Å²) < 4.78 is 7.84. The first-order chi connectivity index (χ1) is 18.8. The summed E-state index contributed by atoms with van der Waals surface area (Å²) in [7, 11) is 1.88. The quantitative estimate of drug-likeness (QED) is 0.0977. The van der Waals surface area contributed by atoms with Crippen LogP contribution in [0, 0.1) is 0 Å². The van der Waals surface area contributed by atoms with Crippen LogP contribution in [0.5, 0.6) is 0 Å². The first kappa shape index (κ1) is 29.0. The lowest BCUT2D eigenvalue weighted by molar-refractivity contribution is -0.671. The van der Waals surface area contributed by atoms with Gasteiger partial charge in [-0.1, -0.05) is 5.16 Å². The number of β-lactam (4-membered cyclic amide) rings is 1. The number of ether oxygens (including phenoxy) is 1. The minimum Gasteiger partial charge on any atom is -0.478 e. The second-order valence-electron chi connectivity index (χ2n) is 9.41. The molecule has 0 saturated carbocycles. The Morgan fingerprint density at radius 2 is 2.00 bits per heavy atom. The number of carboxylic acid groups (broad SMARTS) is 2. The lowest BCUT2D eigenvalue weighted by Crippen LogP contribution is -2.74. The van der Waals surface area contributed by atoms with Crippen molar-refractivity contribution in [1.29, 1.82) is 0 Å². The van der Waals surface area contributed by atoms with Gasteiger partial charge in [0.25, 0.3) is 11.8 Å². The van der Waals surface area contributed by atoms with Gasteiger partial charge in [0.15, 0.2) is 35.5 Å². The number of nitrogens with one attached hydrogen (secondary N) is 1. The summed E-state index contributed by atoms with van der Waals surface area (Å²) in [5, 5.41) is 27.0. The molecule has 40 heavy (non-hydrogen) atoms. The predicted octanol–water partition coefficient (Wildman–Crippen LogP) is 0.337. The van der Waals surface area contributed by atoms with Crippen molar-refractivity contribution in [3.05, 3.63) is 46.9 Å². The van der Waals surface area contributed by atoms with Gasteiger partial charge in [-0.05, 0) is 26.3 Å². The summed E-state index contributed by atoms with van der Waals surface area (Å²) in [4.78, 5) is 61.0. The number of carboxylic acids is 2. The second-order valence-corrected chi connectivity index (χ2v) is 11.4. The van der Waals surface area contributed by atoms with Gasteiger partial charge in [0.2, 0.25) is 5.60 Å². The molecule has 4 heterocycles. The van der Waals surface area contributed by atoms with Crippen LogP contribution in [-0.4, -0.2) is 79.3 Å². The summed E-state index contributed by atoms with van der Waals surface area (Å²) in [5.41, 5.74) is 3.72. The Balaban J connectivity index is 1.55. The van der Waals surface area contributed by atoms with Gasteiger partial charge in [0.05, 0.1) is 6.10 Å². The standard InChI is InChI=1S/C24H26N6O8S2/c1-11-13(9-39-12-5-7-29(4)8-6-12)17(21(33)34)30-19(32)16(20(30)37-11)27-18(31)15(14-10-40-23(25)26-14)28-38-24(2,3)22(35)36/h5-8,10-11,16,20H,9H2,1-4H3,(H4-,25,26,27,31,33,34,35,36)/p+1/b28-15+/t11-,16+,20+/m0/s1. The van der Waals surface area contributed by atoms with Gasteiger partial charge in [0.1, 0.15) is 18.4 Å². The number of nitrogens with zero attached hydrogens (tertiary/aromatic N) is 4. The normalized spacial score (nSPS) is 21.0. The number of aromatic nitrogens is 2. The molecule has 0 spiro atoms. The minimum atomic E-state index is -1.77. The number of nitrogen functional groups attached to an aromatic ring is 1. The van der Waals surface area contributed by atoms with Gasteiger partial charge < -0.3 is 30.8 Å². The third kappa shape index (κ3) is 5.78. The van der Waals surface area contributed by atoms with Crippen LogP contribution in [0.1, 0.15) is 26.5 Å². The molecule has 2 aromatic heterocycles. The fourth-order valence-electron chi connectivity index (χ4n) is 3.79. The summed E-state index contributed by atoms with van der Waals surface area (Å²) >= 11 is 2.42. The SMILES string of the molecule is C[C@@H]1O[C@@H]2[C@H](NC(=O)/C(=N/OC(C)(C)C(=O)O)c3csc(N)n3)C(=O)N2C(C(=O)O)=C1CSc1cc[n+](C)cc1. The molecular formula is C24H27N6O8S2+. The molecule has 2 aromatic rings. The van der Waals surface area contributed by atoms with Gasteiger partial charge in [0, 0.05) is 28.2 Å². The third-order valence-corrected chi connectivity index (χ3v) is 7.85. The zero-order valence-corrected chi connectivity index (χ0v) is 23.5. The number of thioether (sulfide) groups is 1. The predicted molar refractivity (Wildman–Crippen MR) is 142 cm³/mol. The molecule has 3 atom stereocenters. The number of carbonyl (C=O) groups is 4. The fraction of sp³-hybridized carbons (Fsp3) is 0.375. The first-order valence-electron chi connectivity index (χ1n) is 11.8. The van der Waals surface area contributed by atoms with E-state index in [0.717, 1.165) is 21.1 Å². The molecule has 4 rings (SSSR count). The molecule has 0 aromatic carbocycles. The number of fused-ring (bicyclic) bond motifs is 1. The number of aliphatic carboxylic acids is 2. The van der Waals surface area contributed by atoms with E-state index in [1.807, 2.05) is 36.1 Å². The van der Waals surface area contributed by atoms with E-state index in [-0.39, 0.29) is 22.3 Å². The van der Waals surface area contributed by atoms with Crippen LogP contribution >= 0.6 is 23.1 Å². The van der Waals surface area contributed by atoms with E-state index in [2.05, 4.69) is 15.5 Å². The van der Waals surface area contributed by atoms with Crippen LogP contribution < -0.4 is 15.6 Å². The van der Waals surface area contributed by atoms with Crippen LogP contribution in [-0.2, 0) is 35.8 Å². The number of carbonyl (C=O) groups excluding carboxylic acids is 2. The average molecular weight is 592 g/mol. The third-order valence-electron chi connectivity index (χ3n) is 6.11. The number of anilines is 1. The Morgan fingerprint density at radius 3 is 2.58 bits per heavy atom. The molecule has 212 valence electrons. The molecule has 14 nitrogen and oxygen atoms in total. The van der Waals surface area contributed by atoms with E-state index in [0.29, 0.717) is 5.57 Å². The van der Waals surface area contributed by atoms with E-state index in [4.69, 9.17) is 15.3 Å². The molecule has 5 N–H and O–H groups in total. The second kappa shape index (κ2) is 11.2. The van der Waals surface area contributed by atoms with Crippen molar-refractivity contribution in [2.45, 2.75) is 49.6 Å². The molecule has 2 aliphatic rings. The van der Waals surface area contributed by atoms with Gasteiger partial charge in [-0.25, -0.2) is 19.1 Å². The Labute approximate surface area is 236 Å². The van der Waals surface area contributed by atoms with E-state index < -0.39 is 53.4 Å². The smallest absolute Gasteiger partial charge is 0.352 e. The number of oxime groups is 1. The van der Waals surface area contributed by atoms with E-state index in [9.17, 15) is 29.4 Å². The van der Waals surface area contributed by atoms with Crippen molar-refractivity contribution >= 4 is 57.7 Å². The van der Waals surface area contributed by atoms with Crippen LogP contribution in [0.4, 0.5) is 5.13 Å². The highest BCUT2D eigenvalue weighted by Gasteiger charge is 2.56. The molecule has 2 aliphatic heterocycles. The summed E-state index contributed by atoms with van der Waals surface area (Å²) in [6, 6.07) is 2.54. The molecular weight excluding hydrogens is 564 g/mol. The Bertz CT molecular complexity index is 1420. The topological polar surface area (TPSA) is 198 Å². The Kier molecular flexibility index (Phi) is 8.13. The zero-order valence-electron chi connectivity index (χ0n) is 21.9. The number of amides is 2. The zero-order chi connectivity index (χ0) is 29.4. The van der Waals surface area contributed by atoms with Gasteiger partial charge in [-0.3, -0.25) is 14.5 Å². The Hall–Kier alpha value is -4.02. The maximum atomic E-state index is 13.2. The molecule has 0 radical (unpaired) electrons. The molecule has 0 unspecified atom stereocenters. The van der Waals surface area contributed by atoms with Gasteiger partial charge in [-0.15, -0.1) is 23.1 Å². The summed E-state index contributed by atoms with van der Waals surface area (Å²) in [6.45, 7) is 4.15. The van der Waals surface area contributed by atoms with Crippen LogP contribution in [0.3, 0.4) is 0 Å². The van der Waals surface area contributed by atoms with Gasteiger partial charge in [-0.2, -0.15) is 0 Å². The van der Waals surface area contributed by atoms with E-state index in [1.54, 1.807) is 6.92 Å². The van der Waals surface area contributed by atoms with Crippen molar-refractivity contribution in [2.75, 3.05) is 11.5 Å². The van der Waals surface area contributed by atoms with Crippen molar-refractivity contribution in [2.24, 2.45) is 12.2 Å². The number of thiazole rings is 1. The van der Waals surface area contributed by atoms with Crippen molar-refractivity contribution in [1.82, 2.24) is 15.2 Å². The summed E-state index contributed by atoms with van der Waals surface area (Å²) in [6.07, 6.45) is 1.98.